The summed E-state index contributed by atoms with van der Waals surface area (Å²) in [6.45, 7) is 2.74. The Labute approximate surface area is 200 Å². The van der Waals surface area contributed by atoms with Crippen molar-refractivity contribution in [1.82, 2.24) is 10.2 Å². The molecule has 4 N–H and O–H groups in total. The first kappa shape index (κ1) is 25.4. The van der Waals surface area contributed by atoms with E-state index in [1.54, 1.807) is 18.4 Å². The minimum absolute atomic E-state index is 0.0372. The molecule has 33 heavy (non-hydrogen) atoms. The summed E-state index contributed by atoms with van der Waals surface area (Å²) in [5.41, 5.74) is 3.13. The van der Waals surface area contributed by atoms with Crippen LogP contribution in [0.4, 0.5) is 0 Å². The normalized spacial score (nSPS) is 14.2. The molecule has 6 nitrogen and oxygen atoms in total. The fraction of sp³-hybridized carbons (Fsp3) is 0.385. The van der Waals surface area contributed by atoms with E-state index in [0.29, 0.717) is 13.1 Å². The van der Waals surface area contributed by atoms with E-state index in [-0.39, 0.29) is 37.9 Å². The third-order valence-electron chi connectivity index (χ3n) is 5.85. The second-order valence-corrected chi connectivity index (χ2v) is 8.94. The van der Waals surface area contributed by atoms with Crippen molar-refractivity contribution in [1.29, 1.82) is 0 Å². The van der Waals surface area contributed by atoms with Crippen molar-refractivity contribution in [3.05, 3.63) is 87.6 Å². The van der Waals surface area contributed by atoms with Crippen molar-refractivity contribution in [3.8, 4) is 5.75 Å². The van der Waals surface area contributed by atoms with Crippen molar-refractivity contribution in [2.24, 2.45) is 0 Å². The molecule has 3 rings (SSSR count). The number of hydrogen-bond donors (Lipinski definition) is 4. The van der Waals surface area contributed by atoms with Gasteiger partial charge in [-0.15, -0.1) is 11.3 Å². The van der Waals surface area contributed by atoms with Crippen LogP contribution in [0.25, 0.3) is 0 Å². The van der Waals surface area contributed by atoms with Crippen LogP contribution in [-0.2, 0) is 0 Å². The summed E-state index contributed by atoms with van der Waals surface area (Å²) in [6.07, 6.45) is 0. The Morgan fingerprint density at radius 3 is 2.18 bits per heavy atom. The number of benzene rings is 2. The number of nitrogens with zero attached hydrogens (tertiary/aromatic N) is 1. The Kier molecular flexibility index (Phi) is 9.87. The minimum atomic E-state index is -0.310. The molecule has 0 spiro atoms. The van der Waals surface area contributed by atoms with Crippen molar-refractivity contribution < 1.29 is 20.1 Å². The zero-order chi connectivity index (χ0) is 23.6. The molecule has 0 aliphatic carbocycles. The van der Waals surface area contributed by atoms with E-state index in [1.807, 2.05) is 29.2 Å². The Morgan fingerprint density at radius 2 is 1.61 bits per heavy atom. The van der Waals surface area contributed by atoms with Crippen LogP contribution < -0.4 is 10.1 Å². The molecule has 0 radical (unpaired) electrons. The highest BCUT2D eigenvalue weighted by atomic mass is 32.1. The topological polar surface area (TPSA) is 85.2 Å². The predicted octanol–water partition coefficient (Wildman–Crippen LogP) is 3.52. The highest BCUT2D eigenvalue weighted by Crippen LogP contribution is 2.31. The predicted molar refractivity (Wildman–Crippen MR) is 133 cm³/mol. The lowest BCUT2D eigenvalue weighted by molar-refractivity contribution is 0.0839. The fourth-order valence-corrected chi connectivity index (χ4v) is 4.85. The SMILES string of the molecule is COc1ccc(C(NC(C)c2cccs2)c2cccc(C(CO)N(CCO)CCO)c2)cc1. The molecule has 2 aromatic carbocycles. The number of aliphatic hydroxyl groups excluding tert-OH is 3. The molecule has 0 amide bonds. The molecule has 1 heterocycles. The van der Waals surface area contributed by atoms with Gasteiger partial charge in [0.15, 0.2) is 0 Å². The van der Waals surface area contributed by atoms with Crippen molar-refractivity contribution in [2.75, 3.05) is 40.0 Å². The summed E-state index contributed by atoms with van der Waals surface area (Å²) in [6, 6.07) is 20.2. The van der Waals surface area contributed by atoms with Gasteiger partial charge in [0.25, 0.3) is 0 Å². The quantitative estimate of drug-likeness (QED) is 0.306. The molecule has 0 saturated heterocycles. The van der Waals surface area contributed by atoms with Gasteiger partial charge in [-0.2, -0.15) is 0 Å². The molecule has 1 aromatic heterocycles. The molecule has 0 aliphatic heterocycles. The lowest BCUT2D eigenvalue weighted by atomic mass is 9.94. The number of hydrogen-bond acceptors (Lipinski definition) is 7. The largest absolute Gasteiger partial charge is 0.497 e. The third kappa shape index (κ3) is 6.63. The maximum atomic E-state index is 10.1. The highest BCUT2D eigenvalue weighted by Gasteiger charge is 2.23. The molecule has 178 valence electrons. The van der Waals surface area contributed by atoms with Gasteiger partial charge >= 0.3 is 0 Å². The van der Waals surface area contributed by atoms with Gasteiger partial charge in [-0.3, -0.25) is 10.2 Å². The lowest BCUT2D eigenvalue weighted by Gasteiger charge is -2.31. The third-order valence-corrected chi connectivity index (χ3v) is 6.91. The van der Waals surface area contributed by atoms with Crippen LogP contribution in [0.2, 0.25) is 0 Å². The Balaban J connectivity index is 1.96. The van der Waals surface area contributed by atoms with Gasteiger partial charge < -0.3 is 20.1 Å². The van der Waals surface area contributed by atoms with Crippen molar-refractivity contribution in [2.45, 2.75) is 25.0 Å². The minimum Gasteiger partial charge on any atom is -0.497 e. The fourth-order valence-electron chi connectivity index (χ4n) is 4.11. The van der Waals surface area contributed by atoms with Gasteiger partial charge in [0.05, 0.1) is 39.0 Å². The van der Waals surface area contributed by atoms with E-state index < -0.39 is 0 Å². The monoisotopic (exact) mass is 470 g/mol. The average molecular weight is 471 g/mol. The van der Waals surface area contributed by atoms with Gasteiger partial charge in [-0.1, -0.05) is 42.5 Å². The molecule has 0 aliphatic rings. The van der Waals surface area contributed by atoms with Crippen LogP contribution in [-0.4, -0.2) is 60.2 Å². The zero-order valence-electron chi connectivity index (χ0n) is 19.2. The number of nitrogens with one attached hydrogen (secondary N) is 1. The Hall–Kier alpha value is -2.26. The van der Waals surface area contributed by atoms with E-state index >= 15 is 0 Å². The highest BCUT2D eigenvalue weighted by molar-refractivity contribution is 7.10. The summed E-state index contributed by atoms with van der Waals surface area (Å²) >= 11 is 1.73. The van der Waals surface area contributed by atoms with Crippen LogP contribution in [0.1, 0.15) is 46.6 Å². The molecule has 0 saturated carbocycles. The number of methoxy groups -OCH3 is 1. The van der Waals surface area contributed by atoms with E-state index in [0.717, 1.165) is 22.4 Å². The number of rotatable bonds is 13. The van der Waals surface area contributed by atoms with Crippen LogP contribution in [0.5, 0.6) is 5.75 Å². The molecular formula is C26H34N2O4S. The summed E-state index contributed by atoms with van der Waals surface area (Å²) in [5.74, 6) is 0.807. The maximum absolute atomic E-state index is 10.1. The second-order valence-electron chi connectivity index (χ2n) is 7.96. The summed E-state index contributed by atoms with van der Waals surface area (Å²) in [7, 11) is 1.66. The van der Waals surface area contributed by atoms with E-state index in [9.17, 15) is 15.3 Å². The summed E-state index contributed by atoms with van der Waals surface area (Å²) in [5, 5.41) is 34.9. The molecule has 7 heteroatoms. The van der Waals surface area contributed by atoms with Crippen LogP contribution in [0.15, 0.2) is 66.0 Å². The molecule has 3 aromatic rings. The standard InChI is InChI=1S/C26H34N2O4S/c1-19(25-7-4-16-33-25)27-26(20-8-10-23(32-2)11-9-20)22-6-3-5-21(17-22)24(18-31)28(12-14-29)13-15-30/h3-11,16-17,19,24,26-27,29-31H,12-15,18H2,1-2H3. The van der Waals surface area contributed by atoms with Gasteiger partial charge in [0, 0.05) is 24.0 Å². The zero-order valence-corrected chi connectivity index (χ0v) is 20.0. The van der Waals surface area contributed by atoms with Crippen molar-refractivity contribution in [3.63, 3.8) is 0 Å². The van der Waals surface area contributed by atoms with E-state index in [4.69, 9.17) is 4.74 Å². The molecule has 3 atom stereocenters. The molecule has 3 unspecified atom stereocenters. The number of aliphatic hydroxyl groups is 3. The lowest BCUT2D eigenvalue weighted by Crippen LogP contribution is -2.36. The summed E-state index contributed by atoms with van der Waals surface area (Å²) in [4.78, 5) is 3.17. The number of thiophene rings is 1. The van der Waals surface area contributed by atoms with Crippen molar-refractivity contribution >= 4 is 11.3 Å². The van der Waals surface area contributed by atoms with Crippen LogP contribution in [0, 0.1) is 0 Å². The first-order chi connectivity index (χ1) is 16.1. The first-order valence-corrected chi connectivity index (χ1v) is 12.1. The Morgan fingerprint density at radius 1 is 0.909 bits per heavy atom. The van der Waals surface area contributed by atoms with Gasteiger partial charge in [0.2, 0.25) is 0 Å². The van der Waals surface area contributed by atoms with Gasteiger partial charge in [0.1, 0.15) is 5.75 Å². The molecule has 0 bridgehead atoms. The smallest absolute Gasteiger partial charge is 0.118 e. The maximum Gasteiger partial charge on any atom is 0.118 e. The van der Waals surface area contributed by atoms with Crippen LogP contribution in [0.3, 0.4) is 0 Å². The molecule has 0 fully saturated rings. The average Bonchev–Trinajstić information content (AvgIpc) is 3.39. The summed E-state index contributed by atoms with van der Waals surface area (Å²) < 4.78 is 5.34. The molecular weight excluding hydrogens is 436 g/mol. The Bertz CT molecular complexity index is 943. The number of ether oxygens (including phenoxy) is 1. The first-order valence-electron chi connectivity index (χ1n) is 11.2. The van der Waals surface area contributed by atoms with Gasteiger partial charge in [-0.25, -0.2) is 0 Å². The van der Waals surface area contributed by atoms with E-state index in [2.05, 4.69) is 54.0 Å². The van der Waals surface area contributed by atoms with Crippen LogP contribution >= 0.6 is 11.3 Å². The van der Waals surface area contributed by atoms with Gasteiger partial charge in [-0.05, 0) is 47.2 Å². The van der Waals surface area contributed by atoms with E-state index in [1.165, 1.54) is 4.88 Å². The second kappa shape index (κ2) is 12.8.